The molecule has 0 amide bonds. The van der Waals surface area contributed by atoms with Gasteiger partial charge in [0.05, 0.1) is 7.05 Å². The molecule has 3 rings (SSSR count). The van der Waals surface area contributed by atoms with E-state index in [4.69, 9.17) is 9.47 Å². The molecule has 2 heterocycles. The highest BCUT2D eigenvalue weighted by atomic mass is 16.6. The summed E-state index contributed by atoms with van der Waals surface area (Å²) in [6.07, 6.45) is 0.682. The van der Waals surface area contributed by atoms with Gasteiger partial charge in [0.2, 0.25) is 0 Å². The van der Waals surface area contributed by atoms with Crippen LogP contribution in [0.4, 0.5) is 0 Å². The van der Waals surface area contributed by atoms with Crippen LogP contribution in [0.5, 0.6) is 11.5 Å². The van der Waals surface area contributed by atoms with E-state index in [2.05, 4.69) is 33.7 Å². The molecule has 1 N–H and O–H groups in total. The lowest BCUT2D eigenvalue weighted by molar-refractivity contribution is 0.171. The maximum Gasteiger partial charge on any atom is 0.176 e. The Morgan fingerprint density at radius 2 is 2.10 bits per heavy atom. The van der Waals surface area contributed by atoms with E-state index in [9.17, 15) is 0 Å². The van der Waals surface area contributed by atoms with E-state index in [0.717, 1.165) is 29.4 Å². The highest BCUT2D eigenvalue weighted by molar-refractivity contribution is 5.44. The standard InChI is InChI=1S/C14H19N5O2/c1-3-15-11(9-14-16-18-19(2)17-14)10-4-5-12-13(8-10)21-7-6-20-12/h4-5,8,11,15H,3,6-7,9H2,1-2H3. The first-order valence-electron chi connectivity index (χ1n) is 7.12. The molecular weight excluding hydrogens is 270 g/mol. The van der Waals surface area contributed by atoms with Crippen LogP contribution in [-0.4, -0.2) is 40.0 Å². The van der Waals surface area contributed by atoms with Crippen molar-refractivity contribution in [3.05, 3.63) is 29.6 Å². The van der Waals surface area contributed by atoms with Crippen LogP contribution in [0, 0.1) is 0 Å². The number of rotatable bonds is 5. The predicted octanol–water partition coefficient (Wildman–Crippen LogP) is 0.875. The minimum Gasteiger partial charge on any atom is -0.486 e. The molecule has 112 valence electrons. The van der Waals surface area contributed by atoms with E-state index in [-0.39, 0.29) is 6.04 Å². The van der Waals surface area contributed by atoms with Crippen molar-refractivity contribution >= 4 is 0 Å². The van der Waals surface area contributed by atoms with Crippen LogP contribution in [0.25, 0.3) is 0 Å². The number of benzene rings is 1. The minimum atomic E-state index is 0.120. The van der Waals surface area contributed by atoms with E-state index >= 15 is 0 Å². The van der Waals surface area contributed by atoms with Crippen molar-refractivity contribution in [1.29, 1.82) is 0 Å². The van der Waals surface area contributed by atoms with Gasteiger partial charge in [-0.05, 0) is 29.5 Å². The van der Waals surface area contributed by atoms with Crippen LogP contribution in [0.1, 0.15) is 24.4 Å². The second kappa shape index (κ2) is 6.09. The lowest BCUT2D eigenvalue weighted by atomic mass is 10.0. The summed E-state index contributed by atoms with van der Waals surface area (Å²) in [6, 6.07) is 6.16. The van der Waals surface area contributed by atoms with E-state index in [1.54, 1.807) is 7.05 Å². The third-order valence-electron chi connectivity index (χ3n) is 3.36. The highest BCUT2D eigenvalue weighted by Gasteiger charge is 2.18. The first-order valence-corrected chi connectivity index (χ1v) is 7.12. The van der Waals surface area contributed by atoms with Gasteiger partial charge in [0.15, 0.2) is 17.3 Å². The fraction of sp³-hybridized carbons (Fsp3) is 0.500. The van der Waals surface area contributed by atoms with Gasteiger partial charge in [-0.2, -0.15) is 4.80 Å². The van der Waals surface area contributed by atoms with Gasteiger partial charge in [0, 0.05) is 12.5 Å². The summed E-state index contributed by atoms with van der Waals surface area (Å²) in [5.74, 6) is 2.32. The number of aromatic nitrogens is 4. The average molecular weight is 289 g/mol. The van der Waals surface area contributed by atoms with E-state index in [1.807, 2.05) is 12.1 Å². The molecule has 0 radical (unpaired) electrons. The zero-order valence-corrected chi connectivity index (χ0v) is 12.2. The summed E-state index contributed by atoms with van der Waals surface area (Å²) in [7, 11) is 1.77. The average Bonchev–Trinajstić information content (AvgIpc) is 2.91. The fourth-order valence-electron chi connectivity index (χ4n) is 2.42. The lowest BCUT2D eigenvalue weighted by Gasteiger charge is -2.22. The van der Waals surface area contributed by atoms with Crippen molar-refractivity contribution in [3.63, 3.8) is 0 Å². The molecule has 2 aromatic rings. The molecular formula is C14H19N5O2. The Morgan fingerprint density at radius 3 is 2.81 bits per heavy atom. The van der Waals surface area contributed by atoms with Crippen LogP contribution < -0.4 is 14.8 Å². The Morgan fingerprint density at radius 1 is 1.29 bits per heavy atom. The predicted molar refractivity (Wildman–Crippen MR) is 76.4 cm³/mol. The van der Waals surface area contributed by atoms with Crippen molar-refractivity contribution in [2.24, 2.45) is 7.05 Å². The molecule has 1 aliphatic heterocycles. The maximum absolute atomic E-state index is 5.65. The van der Waals surface area contributed by atoms with Crippen LogP contribution in [0.3, 0.4) is 0 Å². The van der Waals surface area contributed by atoms with E-state index in [0.29, 0.717) is 19.6 Å². The summed E-state index contributed by atoms with van der Waals surface area (Å²) in [6.45, 7) is 4.13. The number of hydrogen-bond donors (Lipinski definition) is 1. The molecule has 0 saturated carbocycles. The van der Waals surface area contributed by atoms with Crippen molar-refractivity contribution in [2.75, 3.05) is 19.8 Å². The van der Waals surface area contributed by atoms with Gasteiger partial charge in [0.1, 0.15) is 13.2 Å². The van der Waals surface area contributed by atoms with Crippen molar-refractivity contribution < 1.29 is 9.47 Å². The molecule has 1 aromatic heterocycles. The Labute approximate surface area is 123 Å². The third kappa shape index (κ3) is 3.13. The first-order chi connectivity index (χ1) is 10.3. The molecule has 0 fully saturated rings. The fourth-order valence-corrected chi connectivity index (χ4v) is 2.42. The van der Waals surface area contributed by atoms with Gasteiger partial charge in [-0.1, -0.05) is 13.0 Å². The Hall–Kier alpha value is -2.15. The molecule has 1 aliphatic rings. The van der Waals surface area contributed by atoms with Crippen LogP contribution in [-0.2, 0) is 13.5 Å². The zero-order valence-electron chi connectivity index (χ0n) is 12.2. The van der Waals surface area contributed by atoms with Gasteiger partial charge in [-0.3, -0.25) is 0 Å². The van der Waals surface area contributed by atoms with Crippen LogP contribution in [0.15, 0.2) is 18.2 Å². The number of nitrogens with one attached hydrogen (secondary N) is 1. The highest BCUT2D eigenvalue weighted by Crippen LogP contribution is 2.33. The Bertz CT molecular complexity index is 613. The normalized spacial score (nSPS) is 15.0. The van der Waals surface area contributed by atoms with E-state index in [1.165, 1.54) is 4.80 Å². The second-order valence-corrected chi connectivity index (χ2v) is 4.91. The number of likely N-dealkylation sites (N-methyl/N-ethyl adjacent to an activating group) is 1. The molecule has 0 aliphatic carbocycles. The summed E-state index contributed by atoms with van der Waals surface area (Å²) in [4.78, 5) is 1.47. The molecule has 7 heteroatoms. The smallest absolute Gasteiger partial charge is 0.176 e. The number of ether oxygens (including phenoxy) is 2. The Balaban J connectivity index is 1.82. The number of fused-ring (bicyclic) bond motifs is 1. The van der Waals surface area contributed by atoms with Crippen molar-refractivity contribution in [1.82, 2.24) is 25.5 Å². The summed E-state index contributed by atoms with van der Waals surface area (Å²) >= 11 is 0. The topological polar surface area (TPSA) is 74.1 Å². The molecule has 1 unspecified atom stereocenters. The molecule has 7 nitrogen and oxygen atoms in total. The maximum atomic E-state index is 5.65. The second-order valence-electron chi connectivity index (χ2n) is 4.91. The van der Waals surface area contributed by atoms with E-state index < -0.39 is 0 Å². The summed E-state index contributed by atoms with van der Waals surface area (Å²) in [5, 5.41) is 15.6. The van der Waals surface area contributed by atoms with Crippen LogP contribution in [0.2, 0.25) is 0 Å². The quantitative estimate of drug-likeness (QED) is 0.880. The lowest BCUT2D eigenvalue weighted by Crippen LogP contribution is -2.24. The molecule has 1 aromatic carbocycles. The van der Waals surface area contributed by atoms with Gasteiger partial charge in [0.25, 0.3) is 0 Å². The van der Waals surface area contributed by atoms with Gasteiger partial charge in [-0.25, -0.2) is 0 Å². The van der Waals surface area contributed by atoms with Crippen molar-refractivity contribution in [2.45, 2.75) is 19.4 Å². The number of hydrogen-bond acceptors (Lipinski definition) is 6. The molecule has 0 spiro atoms. The van der Waals surface area contributed by atoms with Gasteiger partial charge >= 0.3 is 0 Å². The molecule has 0 saturated heterocycles. The van der Waals surface area contributed by atoms with Crippen LogP contribution >= 0.6 is 0 Å². The third-order valence-corrected chi connectivity index (χ3v) is 3.36. The number of aryl methyl sites for hydroxylation is 1. The molecule has 21 heavy (non-hydrogen) atoms. The minimum absolute atomic E-state index is 0.120. The van der Waals surface area contributed by atoms with Crippen molar-refractivity contribution in [3.8, 4) is 11.5 Å². The monoisotopic (exact) mass is 289 g/mol. The number of nitrogens with zero attached hydrogens (tertiary/aromatic N) is 4. The SMILES string of the molecule is CCNC(Cc1nnn(C)n1)c1ccc2c(c1)OCCO2. The first kappa shape index (κ1) is 13.8. The summed E-state index contributed by atoms with van der Waals surface area (Å²) in [5.41, 5.74) is 1.13. The zero-order chi connectivity index (χ0) is 14.7. The number of tetrazole rings is 1. The summed E-state index contributed by atoms with van der Waals surface area (Å²) < 4.78 is 11.2. The molecule has 0 bridgehead atoms. The Kier molecular flexibility index (Phi) is 4.01. The van der Waals surface area contributed by atoms with Gasteiger partial charge < -0.3 is 14.8 Å². The molecule has 1 atom stereocenters. The largest absolute Gasteiger partial charge is 0.486 e. The van der Waals surface area contributed by atoms with Gasteiger partial charge in [-0.15, -0.1) is 10.2 Å².